The van der Waals surface area contributed by atoms with E-state index in [4.69, 9.17) is 4.74 Å². The molecule has 0 amide bonds. The van der Waals surface area contributed by atoms with Gasteiger partial charge in [0.25, 0.3) is 0 Å². The molecule has 0 spiro atoms. The summed E-state index contributed by atoms with van der Waals surface area (Å²) in [5.74, 6) is -1.31. The van der Waals surface area contributed by atoms with Gasteiger partial charge in [-0.05, 0) is 12.1 Å². The average molecular weight is 293 g/mol. The molecule has 2 rings (SSSR count). The summed E-state index contributed by atoms with van der Waals surface area (Å²) >= 11 is 0. The molecule has 0 saturated heterocycles. The van der Waals surface area contributed by atoms with Gasteiger partial charge in [0.05, 0.1) is 12.8 Å². The van der Waals surface area contributed by atoms with E-state index in [-0.39, 0.29) is 12.1 Å². The predicted octanol–water partition coefficient (Wildman–Crippen LogP) is 3.05. The first kappa shape index (κ1) is 15.0. The van der Waals surface area contributed by atoms with Gasteiger partial charge in [-0.2, -0.15) is 0 Å². The molecule has 4 nitrogen and oxygen atoms in total. The molecular formula is C15H17F2N3O. The Balaban J connectivity index is 2.29. The predicted molar refractivity (Wildman–Crippen MR) is 78.8 cm³/mol. The van der Waals surface area contributed by atoms with Crippen molar-refractivity contribution >= 4 is 11.4 Å². The standard InChI is InChI=1S/C15H17F2N3O/c1-20(2)12-7-8-18-15(21-3)14(12)19-9-10-5-4-6-11(16)13(10)17/h4-8,19H,9H2,1-3H3. The molecule has 21 heavy (non-hydrogen) atoms. The van der Waals surface area contributed by atoms with Gasteiger partial charge in [-0.25, -0.2) is 13.8 Å². The first-order chi connectivity index (χ1) is 10.0. The summed E-state index contributed by atoms with van der Waals surface area (Å²) in [6.07, 6.45) is 1.63. The van der Waals surface area contributed by atoms with Crippen molar-refractivity contribution in [3.05, 3.63) is 47.7 Å². The molecule has 0 saturated carbocycles. The van der Waals surface area contributed by atoms with Crippen LogP contribution in [0.5, 0.6) is 5.88 Å². The SMILES string of the molecule is COc1nccc(N(C)C)c1NCc1cccc(F)c1F. The molecule has 6 heteroatoms. The maximum Gasteiger partial charge on any atom is 0.239 e. The third kappa shape index (κ3) is 3.21. The number of rotatable bonds is 5. The number of ether oxygens (including phenoxy) is 1. The Hall–Kier alpha value is -2.37. The molecule has 1 aromatic heterocycles. The first-order valence-electron chi connectivity index (χ1n) is 6.41. The molecule has 0 aliphatic carbocycles. The molecule has 0 atom stereocenters. The number of aromatic nitrogens is 1. The maximum atomic E-state index is 13.7. The van der Waals surface area contributed by atoms with Crippen LogP contribution in [-0.2, 0) is 6.54 Å². The lowest BCUT2D eigenvalue weighted by Crippen LogP contribution is -2.14. The highest BCUT2D eigenvalue weighted by Crippen LogP contribution is 2.32. The third-order valence-corrected chi connectivity index (χ3v) is 3.06. The van der Waals surface area contributed by atoms with Gasteiger partial charge in [-0.1, -0.05) is 12.1 Å². The number of nitrogens with one attached hydrogen (secondary N) is 1. The molecule has 0 aliphatic rings. The lowest BCUT2D eigenvalue weighted by Gasteiger charge is -2.20. The van der Waals surface area contributed by atoms with E-state index in [9.17, 15) is 8.78 Å². The summed E-state index contributed by atoms with van der Waals surface area (Å²) in [7, 11) is 5.27. The average Bonchev–Trinajstić information content (AvgIpc) is 2.48. The van der Waals surface area contributed by atoms with Gasteiger partial charge in [0.2, 0.25) is 5.88 Å². The number of methoxy groups -OCH3 is 1. The fourth-order valence-electron chi connectivity index (χ4n) is 2.00. The van der Waals surface area contributed by atoms with Crippen molar-refractivity contribution in [2.24, 2.45) is 0 Å². The Morgan fingerprint density at radius 3 is 2.67 bits per heavy atom. The van der Waals surface area contributed by atoms with E-state index in [1.807, 2.05) is 25.1 Å². The minimum Gasteiger partial charge on any atom is -0.479 e. The highest BCUT2D eigenvalue weighted by Gasteiger charge is 2.13. The van der Waals surface area contributed by atoms with Crippen LogP contribution >= 0.6 is 0 Å². The van der Waals surface area contributed by atoms with E-state index in [1.165, 1.54) is 19.2 Å². The second-order valence-electron chi connectivity index (χ2n) is 4.68. The Kier molecular flexibility index (Phi) is 4.57. The number of benzene rings is 1. The molecule has 2 aromatic rings. The molecule has 0 fully saturated rings. The van der Waals surface area contributed by atoms with E-state index in [2.05, 4.69) is 10.3 Å². The summed E-state index contributed by atoms with van der Waals surface area (Å²) in [5, 5.41) is 3.06. The fourth-order valence-corrected chi connectivity index (χ4v) is 2.00. The van der Waals surface area contributed by atoms with Gasteiger partial charge in [0.15, 0.2) is 11.6 Å². The van der Waals surface area contributed by atoms with Gasteiger partial charge in [-0.3, -0.25) is 0 Å². The van der Waals surface area contributed by atoms with E-state index < -0.39 is 11.6 Å². The van der Waals surface area contributed by atoms with Crippen LogP contribution in [0.15, 0.2) is 30.5 Å². The monoisotopic (exact) mass is 293 g/mol. The number of anilines is 2. The van der Waals surface area contributed by atoms with Crippen LogP contribution < -0.4 is 15.0 Å². The molecular weight excluding hydrogens is 276 g/mol. The van der Waals surface area contributed by atoms with Crippen LogP contribution in [0.25, 0.3) is 0 Å². The van der Waals surface area contributed by atoms with Crippen molar-refractivity contribution in [2.45, 2.75) is 6.54 Å². The lowest BCUT2D eigenvalue weighted by atomic mass is 10.2. The first-order valence-corrected chi connectivity index (χ1v) is 6.41. The van der Waals surface area contributed by atoms with Crippen molar-refractivity contribution in [1.82, 2.24) is 4.98 Å². The summed E-state index contributed by atoms with van der Waals surface area (Å²) in [4.78, 5) is 6.00. The van der Waals surface area contributed by atoms with Crippen LogP contribution in [0, 0.1) is 11.6 Å². The smallest absolute Gasteiger partial charge is 0.239 e. The van der Waals surface area contributed by atoms with Crippen LogP contribution in [0.4, 0.5) is 20.2 Å². The van der Waals surface area contributed by atoms with Crippen molar-refractivity contribution in [1.29, 1.82) is 0 Å². The van der Waals surface area contributed by atoms with E-state index in [0.717, 1.165) is 11.8 Å². The molecule has 1 heterocycles. The van der Waals surface area contributed by atoms with Crippen molar-refractivity contribution in [3.63, 3.8) is 0 Å². The van der Waals surface area contributed by atoms with Crippen molar-refractivity contribution in [3.8, 4) is 5.88 Å². The van der Waals surface area contributed by atoms with Crippen LogP contribution in [0.1, 0.15) is 5.56 Å². The van der Waals surface area contributed by atoms with E-state index in [1.54, 1.807) is 6.20 Å². The van der Waals surface area contributed by atoms with Gasteiger partial charge >= 0.3 is 0 Å². The number of pyridine rings is 1. The summed E-state index contributed by atoms with van der Waals surface area (Å²) in [6.45, 7) is 0.131. The van der Waals surface area contributed by atoms with Gasteiger partial charge in [-0.15, -0.1) is 0 Å². The Labute approximate surface area is 122 Å². The topological polar surface area (TPSA) is 37.4 Å². The van der Waals surface area contributed by atoms with Gasteiger partial charge in [0.1, 0.15) is 5.69 Å². The minimum absolute atomic E-state index is 0.131. The van der Waals surface area contributed by atoms with Crippen LogP contribution in [0.2, 0.25) is 0 Å². The largest absolute Gasteiger partial charge is 0.479 e. The molecule has 0 bridgehead atoms. The third-order valence-electron chi connectivity index (χ3n) is 3.06. The minimum atomic E-state index is -0.861. The fraction of sp³-hybridized carbons (Fsp3) is 0.267. The maximum absolute atomic E-state index is 13.7. The highest BCUT2D eigenvalue weighted by atomic mass is 19.2. The van der Waals surface area contributed by atoms with Crippen LogP contribution in [0.3, 0.4) is 0 Å². The Bertz CT molecular complexity index is 632. The molecule has 1 aromatic carbocycles. The molecule has 1 N–H and O–H groups in total. The number of hydrogen-bond acceptors (Lipinski definition) is 4. The zero-order valence-electron chi connectivity index (χ0n) is 12.2. The van der Waals surface area contributed by atoms with Gasteiger partial charge < -0.3 is 15.0 Å². The number of hydrogen-bond donors (Lipinski definition) is 1. The molecule has 112 valence electrons. The van der Waals surface area contributed by atoms with E-state index in [0.29, 0.717) is 11.6 Å². The van der Waals surface area contributed by atoms with Crippen LogP contribution in [-0.4, -0.2) is 26.2 Å². The Morgan fingerprint density at radius 1 is 1.24 bits per heavy atom. The lowest BCUT2D eigenvalue weighted by molar-refractivity contribution is 0.399. The van der Waals surface area contributed by atoms with Crippen molar-refractivity contribution in [2.75, 3.05) is 31.4 Å². The van der Waals surface area contributed by atoms with Crippen molar-refractivity contribution < 1.29 is 13.5 Å². The zero-order chi connectivity index (χ0) is 15.4. The van der Waals surface area contributed by atoms with Gasteiger partial charge in [0, 0.05) is 32.4 Å². The Morgan fingerprint density at radius 2 is 2.00 bits per heavy atom. The summed E-state index contributed by atoms with van der Waals surface area (Å²) in [5.41, 5.74) is 1.72. The molecule has 0 aliphatic heterocycles. The second-order valence-corrected chi connectivity index (χ2v) is 4.68. The summed E-state index contributed by atoms with van der Waals surface area (Å²) < 4.78 is 32.1. The molecule has 0 radical (unpaired) electrons. The zero-order valence-corrected chi connectivity index (χ0v) is 12.2. The quantitative estimate of drug-likeness (QED) is 0.919. The number of halogens is 2. The summed E-state index contributed by atoms with van der Waals surface area (Å²) in [6, 6.07) is 5.91. The second kappa shape index (κ2) is 6.39. The number of nitrogens with zero attached hydrogens (tertiary/aromatic N) is 2. The normalized spacial score (nSPS) is 10.3. The molecule has 0 unspecified atom stereocenters. The van der Waals surface area contributed by atoms with E-state index >= 15 is 0 Å². The highest BCUT2D eigenvalue weighted by molar-refractivity contribution is 5.74.